The maximum absolute atomic E-state index is 13.0. The van der Waals surface area contributed by atoms with Crippen molar-refractivity contribution in [3.05, 3.63) is 59.7 Å². The van der Waals surface area contributed by atoms with Gasteiger partial charge in [0.15, 0.2) is 0 Å². The number of nitrogens with zero attached hydrogens (tertiary/aromatic N) is 2. The molecule has 0 aliphatic carbocycles. The van der Waals surface area contributed by atoms with E-state index in [-0.39, 0.29) is 42.8 Å². The lowest BCUT2D eigenvalue weighted by Crippen LogP contribution is -2.53. The standard InChI is InChI=1S/C21H21F3N2O5S/c1-14-2-8-17(9-3-14)32(28,29)25-11-18-19(12-25)30-13-20(27)26(18)10-15-4-6-16(7-5-15)31-21(22,23)24/h2-9,18-19H,10-13H2,1H3/t18-,19+/m1/s1. The summed E-state index contributed by atoms with van der Waals surface area (Å²) in [5.41, 5.74) is 1.53. The van der Waals surface area contributed by atoms with Crippen molar-refractivity contribution in [2.24, 2.45) is 0 Å². The fourth-order valence-electron chi connectivity index (χ4n) is 3.89. The molecule has 0 saturated carbocycles. The Hall–Kier alpha value is -2.63. The van der Waals surface area contributed by atoms with E-state index >= 15 is 0 Å². The highest BCUT2D eigenvalue weighted by Gasteiger charge is 2.46. The summed E-state index contributed by atoms with van der Waals surface area (Å²) < 4.78 is 73.9. The molecule has 0 unspecified atom stereocenters. The highest BCUT2D eigenvalue weighted by molar-refractivity contribution is 7.89. The van der Waals surface area contributed by atoms with Gasteiger partial charge >= 0.3 is 6.36 Å². The topological polar surface area (TPSA) is 76.2 Å². The monoisotopic (exact) mass is 470 g/mol. The maximum Gasteiger partial charge on any atom is 0.573 e. The first-order valence-corrected chi connectivity index (χ1v) is 11.3. The van der Waals surface area contributed by atoms with Gasteiger partial charge in [-0.05, 0) is 36.8 Å². The van der Waals surface area contributed by atoms with Gasteiger partial charge in [-0.1, -0.05) is 29.8 Å². The molecule has 2 fully saturated rings. The zero-order valence-electron chi connectivity index (χ0n) is 17.1. The number of carbonyl (C=O) groups is 1. The van der Waals surface area contributed by atoms with Crippen molar-refractivity contribution in [1.82, 2.24) is 9.21 Å². The molecule has 32 heavy (non-hydrogen) atoms. The number of morpholine rings is 1. The molecule has 7 nitrogen and oxygen atoms in total. The molecule has 2 aliphatic heterocycles. The smallest absolute Gasteiger partial charge is 0.406 e. The van der Waals surface area contributed by atoms with Crippen LogP contribution in [-0.4, -0.2) is 61.7 Å². The maximum atomic E-state index is 13.0. The second kappa shape index (κ2) is 8.38. The van der Waals surface area contributed by atoms with Gasteiger partial charge in [0, 0.05) is 19.6 Å². The van der Waals surface area contributed by atoms with Crippen molar-refractivity contribution >= 4 is 15.9 Å². The lowest BCUT2D eigenvalue weighted by molar-refractivity contribution is -0.274. The molecule has 0 bridgehead atoms. The Bertz CT molecular complexity index is 1090. The third-order valence-electron chi connectivity index (χ3n) is 5.51. The van der Waals surface area contributed by atoms with Gasteiger partial charge in [-0.25, -0.2) is 8.42 Å². The Kier molecular flexibility index (Phi) is 5.91. The van der Waals surface area contributed by atoms with Crippen LogP contribution in [0.5, 0.6) is 5.75 Å². The zero-order valence-corrected chi connectivity index (χ0v) is 17.9. The minimum Gasteiger partial charge on any atom is -0.406 e. The molecule has 2 aromatic rings. The Morgan fingerprint density at radius 2 is 1.72 bits per heavy atom. The number of halogens is 3. The molecule has 4 rings (SSSR count). The molecule has 2 heterocycles. The van der Waals surface area contributed by atoms with Crippen molar-refractivity contribution in [3.8, 4) is 5.75 Å². The zero-order chi connectivity index (χ0) is 23.1. The van der Waals surface area contributed by atoms with E-state index in [1.165, 1.54) is 33.5 Å². The van der Waals surface area contributed by atoms with Gasteiger partial charge in [0.2, 0.25) is 15.9 Å². The molecule has 2 aliphatic rings. The summed E-state index contributed by atoms with van der Waals surface area (Å²) in [7, 11) is -3.76. The first-order chi connectivity index (χ1) is 15.0. The fourth-order valence-corrected chi connectivity index (χ4v) is 5.36. The van der Waals surface area contributed by atoms with E-state index in [4.69, 9.17) is 4.74 Å². The van der Waals surface area contributed by atoms with E-state index in [9.17, 15) is 26.4 Å². The van der Waals surface area contributed by atoms with Crippen LogP contribution in [0.4, 0.5) is 13.2 Å². The molecule has 0 aromatic heterocycles. The SMILES string of the molecule is Cc1ccc(S(=O)(=O)N2C[C@@H]3OCC(=O)N(Cc4ccc(OC(F)(F)F)cc4)[C@@H]3C2)cc1. The number of hydrogen-bond acceptors (Lipinski definition) is 5. The van der Waals surface area contributed by atoms with Gasteiger partial charge in [0.1, 0.15) is 12.4 Å². The highest BCUT2D eigenvalue weighted by atomic mass is 32.2. The highest BCUT2D eigenvalue weighted by Crippen LogP contribution is 2.30. The van der Waals surface area contributed by atoms with E-state index < -0.39 is 28.5 Å². The van der Waals surface area contributed by atoms with Crippen LogP contribution in [0.3, 0.4) is 0 Å². The normalized spacial score (nSPS) is 22.1. The van der Waals surface area contributed by atoms with Gasteiger partial charge < -0.3 is 14.4 Å². The van der Waals surface area contributed by atoms with Crippen molar-refractivity contribution in [2.45, 2.75) is 36.9 Å². The summed E-state index contributed by atoms with van der Waals surface area (Å²) in [6, 6.07) is 11.2. The molecule has 0 spiro atoms. The molecule has 11 heteroatoms. The number of fused-ring (bicyclic) bond motifs is 1. The predicted octanol–water partition coefficient (Wildman–Crippen LogP) is 2.69. The van der Waals surface area contributed by atoms with E-state index in [1.807, 2.05) is 6.92 Å². The first-order valence-electron chi connectivity index (χ1n) is 9.85. The Labute approximate surface area is 183 Å². The van der Waals surface area contributed by atoms with Crippen molar-refractivity contribution < 1.29 is 35.9 Å². The minimum absolute atomic E-state index is 0.0713. The summed E-state index contributed by atoms with van der Waals surface area (Å²) in [6.45, 7) is 1.98. The number of rotatable bonds is 5. The summed E-state index contributed by atoms with van der Waals surface area (Å²) >= 11 is 0. The Morgan fingerprint density at radius 3 is 2.34 bits per heavy atom. The summed E-state index contributed by atoms with van der Waals surface area (Å²) in [4.78, 5) is 14.2. The number of aryl methyl sites for hydroxylation is 1. The second-order valence-electron chi connectivity index (χ2n) is 7.77. The van der Waals surface area contributed by atoms with Crippen LogP contribution in [0.2, 0.25) is 0 Å². The van der Waals surface area contributed by atoms with Gasteiger partial charge in [-0.3, -0.25) is 4.79 Å². The number of ether oxygens (including phenoxy) is 2. The molecule has 172 valence electrons. The number of amides is 1. The quantitative estimate of drug-likeness (QED) is 0.672. The number of benzene rings is 2. The molecule has 2 atom stereocenters. The number of hydrogen-bond donors (Lipinski definition) is 0. The molecule has 2 aromatic carbocycles. The third kappa shape index (κ3) is 4.74. The second-order valence-corrected chi connectivity index (χ2v) is 9.70. The van der Waals surface area contributed by atoms with Crippen LogP contribution >= 0.6 is 0 Å². The van der Waals surface area contributed by atoms with Crippen LogP contribution in [0.25, 0.3) is 0 Å². The van der Waals surface area contributed by atoms with Gasteiger partial charge in [-0.2, -0.15) is 4.31 Å². The van der Waals surface area contributed by atoms with E-state index in [1.54, 1.807) is 24.3 Å². The van der Waals surface area contributed by atoms with Crippen molar-refractivity contribution in [1.29, 1.82) is 0 Å². The van der Waals surface area contributed by atoms with E-state index in [2.05, 4.69) is 4.74 Å². The average molecular weight is 470 g/mol. The summed E-state index contributed by atoms with van der Waals surface area (Å²) in [6.07, 6.45) is -5.27. The van der Waals surface area contributed by atoms with Crippen LogP contribution in [0, 0.1) is 6.92 Å². The molecular formula is C21H21F3N2O5S. The molecule has 0 N–H and O–H groups in total. The predicted molar refractivity (Wildman–Crippen MR) is 107 cm³/mol. The average Bonchev–Trinajstić information content (AvgIpc) is 3.16. The molecular weight excluding hydrogens is 449 g/mol. The number of alkyl halides is 3. The molecule has 1 amide bonds. The fraction of sp³-hybridized carbons (Fsp3) is 0.381. The van der Waals surface area contributed by atoms with Crippen LogP contribution < -0.4 is 4.74 Å². The van der Waals surface area contributed by atoms with Gasteiger partial charge in [0.25, 0.3) is 0 Å². The van der Waals surface area contributed by atoms with Gasteiger partial charge in [-0.15, -0.1) is 13.2 Å². The van der Waals surface area contributed by atoms with Crippen LogP contribution in [0.15, 0.2) is 53.4 Å². The number of carbonyl (C=O) groups excluding carboxylic acids is 1. The van der Waals surface area contributed by atoms with Gasteiger partial charge in [0.05, 0.1) is 17.0 Å². The van der Waals surface area contributed by atoms with Crippen molar-refractivity contribution in [3.63, 3.8) is 0 Å². The molecule has 0 radical (unpaired) electrons. The van der Waals surface area contributed by atoms with Crippen LogP contribution in [-0.2, 0) is 26.1 Å². The lowest BCUT2D eigenvalue weighted by atomic mass is 10.1. The number of sulfonamides is 1. The Morgan fingerprint density at radius 1 is 1.06 bits per heavy atom. The summed E-state index contributed by atoms with van der Waals surface area (Å²) in [5, 5.41) is 0. The lowest BCUT2D eigenvalue weighted by Gasteiger charge is -2.36. The van der Waals surface area contributed by atoms with E-state index in [0.717, 1.165) is 5.56 Å². The Balaban J connectivity index is 1.50. The summed E-state index contributed by atoms with van der Waals surface area (Å²) in [5.74, 6) is -0.667. The third-order valence-corrected chi connectivity index (χ3v) is 7.36. The van der Waals surface area contributed by atoms with E-state index in [0.29, 0.717) is 5.56 Å². The molecule has 2 saturated heterocycles. The first kappa shape index (κ1) is 22.6. The largest absolute Gasteiger partial charge is 0.573 e. The van der Waals surface area contributed by atoms with Crippen molar-refractivity contribution in [2.75, 3.05) is 19.7 Å². The minimum atomic E-state index is -4.79. The van der Waals surface area contributed by atoms with Crippen LogP contribution in [0.1, 0.15) is 11.1 Å².